The number of benzene rings is 1. The number of likely N-dealkylation sites (tertiary alicyclic amines) is 1. The van der Waals surface area contributed by atoms with Gasteiger partial charge in [0.1, 0.15) is 17.4 Å². The largest absolute Gasteiger partial charge is 0.496 e. The Morgan fingerprint density at radius 2 is 2.04 bits per heavy atom. The number of aryl methyl sites for hydroxylation is 1. The monoisotopic (exact) mass is 323 g/mol. The van der Waals surface area contributed by atoms with E-state index in [0.717, 1.165) is 42.2 Å². The van der Waals surface area contributed by atoms with Crippen molar-refractivity contribution in [3.05, 3.63) is 51.4 Å². The first kappa shape index (κ1) is 16.3. The molecular weight excluding hydrogens is 302 g/mol. The number of methoxy groups -OCH3 is 1. The molecule has 5 nitrogen and oxygen atoms in total. The second-order valence-electron chi connectivity index (χ2n) is 6.19. The van der Waals surface area contributed by atoms with Crippen LogP contribution in [0.15, 0.2) is 29.1 Å². The lowest BCUT2D eigenvalue weighted by molar-refractivity contribution is 0.321. The minimum Gasteiger partial charge on any atom is -0.496 e. The third-order valence-electron chi connectivity index (χ3n) is 4.46. The number of ether oxygens (including phenoxy) is 1. The van der Waals surface area contributed by atoms with E-state index >= 15 is 0 Å². The van der Waals surface area contributed by atoms with E-state index in [4.69, 9.17) is 4.74 Å². The van der Waals surface area contributed by atoms with Crippen LogP contribution in [0.4, 0.5) is 0 Å². The third kappa shape index (κ3) is 3.19. The Morgan fingerprint density at radius 3 is 2.71 bits per heavy atom. The molecular formula is C19H21N3O2. The van der Waals surface area contributed by atoms with Gasteiger partial charge in [0.05, 0.1) is 7.11 Å². The highest BCUT2D eigenvalue weighted by molar-refractivity contribution is 5.71. The quantitative estimate of drug-likeness (QED) is 0.939. The Labute approximate surface area is 141 Å². The number of nitriles is 1. The SMILES string of the molecule is COc1ccc(-c2cc(C)[nH]c(=O)c2C#N)cc1CN1CCCC1. The van der Waals surface area contributed by atoms with Gasteiger partial charge in [-0.1, -0.05) is 6.07 Å². The topological polar surface area (TPSA) is 69.1 Å². The predicted molar refractivity (Wildman–Crippen MR) is 93.0 cm³/mol. The van der Waals surface area contributed by atoms with E-state index in [9.17, 15) is 10.1 Å². The molecule has 0 amide bonds. The zero-order valence-electron chi connectivity index (χ0n) is 14.1. The summed E-state index contributed by atoms with van der Waals surface area (Å²) in [7, 11) is 1.67. The van der Waals surface area contributed by atoms with E-state index in [-0.39, 0.29) is 11.1 Å². The summed E-state index contributed by atoms with van der Waals surface area (Å²) < 4.78 is 5.49. The van der Waals surface area contributed by atoms with Crippen molar-refractivity contribution in [1.29, 1.82) is 5.26 Å². The van der Waals surface area contributed by atoms with E-state index in [0.29, 0.717) is 5.56 Å². The summed E-state index contributed by atoms with van der Waals surface area (Å²) >= 11 is 0. The van der Waals surface area contributed by atoms with E-state index in [2.05, 4.69) is 9.88 Å². The first-order valence-corrected chi connectivity index (χ1v) is 8.16. The van der Waals surface area contributed by atoms with Crippen LogP contribution in [0.2, 0.25) is 0 Å². The molecule has 2 heterocycles. The maximum atomic E-state index is 12.0. The molecule has 0 unspecified atom stereocenters. The number of hydrogen-bond donors (Lipinski definition) is 1. The Hall–Kier alpha value is -2.58. The second kappa shape index (κ2) is 6.90. The number of nitrogens with zero attached hydrogens (tertiary/aromatic N) is 2. The number of pyridine rings is 1. The van der Waals surface area contributed by atoms with Crippen LogP contribution in [0.1, 0.15) is 29.7 Å². The lowest BCUT2D eigenvalue weighted by Crippen LogP contribution is -2.19. The van der Waals surface area contributed by atoms with Crippen LogP contribution in [0.25, 0.3) is 11.1 Å². The van der Waals surface area contributed by atoms with Crippen LogP contribution in [-0.4, -0.2) is 30.1 Å². The molecule has 5 heteroatoms. The highest BCUT2D eigenvalue weighted by Crippen LogP contribution is 2.29. The highest BCUT2D eigenvalue weighted by Gasteiger charge is 2.16. The van der Waals surface area contributed by atoms with Gasteiger partial charge >= 0.3 is 0 Å². The Bertz CT molecular complexity index is 843. The van der Waals surface area contributed by atoms with Crippen molar-refractivity contribution in [3.8, 4) is 22.9 Å². The van der Waals surface area contributed by atoms with Crippen LogP contribution < -0.4 is 10.3 Å². The highest BCUT2D eigenvalue weighted by atomic mass is 16.5. The summed E-state index contributed by atoms with van der Waals surface area (Å²) in [6, 6.07) is 9.73. The Morgan fingerprint density at radius 1 is 1.29 bits per heavy atom. The maximum Gasteiger partial charge on any atom is 0.266 e. The summed E-state index contributed by atoms with van der Waals surface area (Å²) in [5.74, 6) is 0.839. The van der Waals surface area contributed by atoms with E-state index in [1.807, 2.05) is 37.3 Å². The molecule has 1 saturated heterocycles. The van der Waals surface area contributed by atoms with Crippen molar-refractivity contribution >= 4 is 0 Å². The molecule has 1 fully saturated rings. The van der Waals surface area contributed by atoms with Gasteiger partial charge in [-0.25, -0.2) is 0 Å². The molecule has 0 atom stereocenters. The molecule has 124 valence electrons. The molecule has 0 aliphatic carbocycles. The molecule has 0 radical (unpaired) electrons. The minimum absolute atomic E-state index is 0.151. The number of aromatic amines is 1. The molecule has 1 aliphatic rings. The zero-order valence-corrected chi connectivity index (χ0v) is 14.1. The fraction of sp³-hybridized carbons (Fsp3) is 0.368. The van der Waals surface area contributed by atoms with Gasteiger partial charge in [0.25, 0.3) is 5.56 Å². The molecule has 1 aromatic carbocycles. The lowest BCUT2D eigenvalue weighted by atomic mass is 9.98. The fourth-order valence-electron chi connectivity index (χ4n) is 3.28. The third-order valence-corrected chi connectivity index (χ3v) is 4.46. The molecule has 0 bridgehead atoms. The zero-order chi connectivity index (χ0) is 17.1. The maximum absolute atomic E-state index is 12.0. The van der Waals surface area contributed by atoms with Gasteiger partial charge in [-0.05, 0) is 56.6 Å². The minimum atomic E-state index is -0.343. The van der Waals surface area contributed by atoms with Crippen LogP contribution in [0.5, 0.6) is 5.75 Å². The molecule has 0 saturated carbocycles. The first-order chi connectivity index (χ1) is 11.6. The molecule has 1 aliphatic heterocycles. The summed E-state index contributed by atoms with van der Waals surface area (Å²) in [6.45, 7) is 4.84. The van der Waals surface area contributed by atoms with Gasteiger partial charge in [0.2, 0.25) is 0 Å². The van der Waals surface area contributed by atoms with Gasteiger partial charge in [-0.15, -0.1) is 0 Å². The van der Waals surface area contributed by atoms with Crippen molar-refractivity contribution in [2.24, 2.45) is 0 Å². The van der Waals surface area contributed by atoms with Gasteiger partial charge in [0, 0.05) is 23.4 Å². The molecule has 1 N–H and O–H groups in total. The molecule has 1 aromatic heterocycles. The lowest BCUT2D eigenvalue weighted by Gasteiger charge is -2.18. The van der Waals surface area contributed by atoms with Gasteiger partial charge < -0.3 is 9.72 Å². The number of hydrogen-bond acceptors (Lipinski definition) is 4. The number of aromatic nitrogens is 1. The molecule has 24 heavy (non-hydrogen) atoms. The van der Waals surface area contributed by atoms with Gasteiger partial charge in [-0.2, -0.15) is 5.26 Å². The smallest absolute Gasteiger partial charge is 0.266 e. The van der Waals surface area contributed by atoms with Crippen LogP contribution in [-0.2, 0) is 6.54 Å². The van der Waals surface area contributed by atoms with Crippen LogP contribution in [0, 0.1) is 18.3 Å². The van der Waals surface area contributed by atoms with Crippen molar-refractivity contribution in [3.63, 3.8) is 0 Å². The fourth-order valence-corrected chi connectivity index (χ4v) is 3.28. The average molecular weight is 323 g/mol. The number of H-pyrrole nitrogens is 1. The molecule has 2 aromatic rings. The standard InChI is InChI=1S/C19H21N3O2/c1-13-9-16(17(11-20)19(23)21-13)14-5-6-18(24-2)15(10-14)12-22-7-3-4-8-22/h5-6,9-10H,3-4,7-8,12H2,1-2H3,(H,21,23). The van der Waals surface area contributed by atoms with Crippen molar-refractivity contribution in [2.75, 3.05) is 20.2 Å². The summed E-state index contributed by atoms with van der Waals surface area (Å²) in [5, 5.41) is 9.35. The van der Waals surface area contributed by atoms with Crippen molar-refractivity contribution < 1.29 is 4.74 Å². The van der Waals surface area contributed by atoms with Crippen LogP contribution >= 0.6 is 0 Å². The van der Waals surface area contributed by atoms with Gasteiger partial charge in [0.15, 0.2) is 0 Å². The van der Waals surface area contributed by atoms with E-state index in [1.165, 1.54) is 12.8 Å². The number of nitrogens with one attached hydrogen (secondary N) is 1. The predicted octanol–water partition coefficient (Wildman–Crippen LogP) is 2.83. The first-order valence-electron chi connectivity index (χ1n) is 8.16. The number of rotatable bonds is 4. The molecule has 3 rings (SSSR count). The van der Waals surface area contributed by atoms with Gasteiger partial charge in [-0.3, -0.25) is 9.69 Å². The summed E-state index contributed by atoms with van der Waals surface area (Å²) in [6.07, 6.45) is 2.46. The van der Waals surface area contributed by atoms with Crippen molar-refractivity contribution in [1.82, 2.24) is 9.88 Å². The summed E-state index contributed by atoms with van der Waals surface area (Å²) in [5.41, 5.74) is 3.17. The van der Waals surface area contributed by atoms with Crippen molar-refractivity contribution in [2.45, 2.75) is 26.3 Å². The van der Waals surface area contributed by atoms with E-state index < -0.39 is 0 Å². The van der Waals surface area contributed by atoms with Crippen LogP contribution in [0.3, 0.4) is 0 Å². The second-order valence-corrected chi connectivity index (χ2v) is 6.19. The average Bonchev–Trinajstić information content (AvgIpc) is 3.07. The summed E-state index contributed by atoms with van der Waals surface area (Å²) in [4.78, 5) is 17.1. The normalized spacial score (nSPS) is 14.5. The molecule has 0 spiro atoms. The van der Waals surface area contributed by atoms with E-state index in [1.54, 1.807) is 7.11 Å². The Kier molecular flexibility index (Phi) is 4.68. The Balaban J connectivity index is 2.06.